The molecule has 4 aromatic rings. The number of aromatic nitrogens is 3. The van der Waals surface area contributed by atoms with Crippen molar-refractivity contribution in [1.29, 1.82) is 0 Å². The van der Waals surface area contributed by atoms with Crippen LogP contribution < -0.4 is 10.6 Å². The van der Waals surface area contributed by atoms with E-state index in [1.807, 2.05) is 55.5 Å². The van der Waals surface area contributed by atoms with Gasteiger partial charge >= 0.3 is 0 Å². The number of aryl methyl sites for hydroxylation is 1. The van der Waals surface area contributed by atoms with E-state index in [1.54, 1.807) is 18.6 Å². The first-order valence-electron chi connectivity index (χ1n) is 13.5. The zero-order valence-electron chi connectivity index (χ0n) is 23.1. The molecule has 2 aromatic carbocycles. The van der Waals surface area contributed by atoms with Crippen molar-refractivity contribution in [2.24, 2.45) is 0 Å². The molecule has 1 saturated heterocycles. The molecule has 1 aliphatic rings. The maximum Gasteiger partial charge on any atom is 0.255 e. The first-order valence-corrected chi connectivity index (χ1v) is 13.5. The molecule has 0 saturated carbocycles. The van der Waals surface area contributed by atoms with Gasteiger partial charge in [-0.25, -0.2) is 9.97 Å². The predicted molar refractivity (Wildman–Crippen MR) is 157 cm³/mol. The smallest absolute Gasteiger partial charge is 0.255 e. The molecule has 2 N–H and O–H groups in total. The fourth-order valence-electron chi connectivity index (χ4n) is 5.04. The molecule has 5 rings (SSSR count). The molecule has 7 heteroatoms. The molecule has 200 valence electrons. The van der Waals surface area contributed by atoms with E-state index in [1.165, 1.54) is 5.56 Å². The second kappa shape index (κ2) is 11.3. The van der Waals surface area contributed by atoms with Gasteiger partial charge in [-0.3, -0.25) is 14.7 Å². The lowest BCUT2D eigenvalue weighted by molar-refractivity contribution is 0.101. The Labute approximate surface area is 230 Å². The van der Waals surface area contributed by atoms with E-state index in [2.05, 4.69) is 63.4 Å². The number of rotatable bonds is 6. The van der Waals surface area contributed by atoms with Crippen molar-refractivity contribution in [1.82, 2.24) is 19.9 Å². The molecule has 1 fully saturated rings. The normalized spacial score (nSPS) is 14.7. The lowest BCUT2D eigenvalue weighted by Crippen LogP contribution is -2.45. The third-order valence-electron chi connectivity index (χ3n) is 7.44. The first-order chi connectivity index (χ1) is 18.8. The number of hydrogen-bond acceptors (Lipinski definition) is 6. The number of piperidine rings is 1. The van der Waals surface area contributed by atoms with E-state index in [4.69, 9.17) is 0 Å². The SMILES string of the molecule is Cc1ccc(NC(=O)c2ccc(C3CCN(C(C)(C)C)CC3)cc2)cc1Nc1nccc(-c2cccnc2)n1. The van der Waals surface area contributed by atoms with Crippen LogP contribution in [0, 0.1) is 6.92 Å². The Morgan fingerprint density at radius 1 is 0.974 bits per heavy atom. The minimum atomic E-state index is -0.131. The van der Waals surface area contributed by atoms with Gasteiger partial charge in [-0.15, -0.1) is 0 Å². The van der Waals surface area contributed by atoms with Gasteiger partial charge in [-0.05, 0) is 113 Å². The quantitative estimate of drug-likeness (QED) is 0.290. The molecular weight excluding hydrogens is 484 g/mol. The van der Waals surface area contributed by atoms with Gasteiger partial charge in [0.2, 0.25) is 5.95 Å². The molecule has 0 unspecified atom stereocenters. The molecule has 0 atom stereocenters. The second-order valence-corrected chi connectivity index (χ2v) is 11.2. The van der Waals surface area contributed by atoms with Gasteiger partial charge in [0.1, 0.15) is 0 Å². The summed E-state index contributed by atoms with van der Waals surface area (Å²) in [5.74, 6) is 0.894. The summed E-state index contributed by atoms with van der Waals surface area (Å²) in [6.45, 7) is 11.1. The summed E-state index contributed by atoms with van der Waals surface area (Å²) in [6, 6.07) is 19.6. The molecule has 1 amide bonds. The highest BCUT2D eigenvalue weighted by Gasteiger charge is 2.27. The molecule has 39 heavy (non-hydrogen) atoms. The van der Waals surface area contributed by atoms with Crippen LogP contribution in [0.1, 0.15) is 61.0 Å². The maximum absolute atomic E-state index is 13.0. The van der Waals surface area contributed by atoms with E-state index in [-0.39, 0.29) is 11.4 Å². The molecule has 7 nitrogen and oxygen atoms in total. The van der Waals surface area contributed by atoms with Crippen LogP contribution in [0.3, 0.4) is 0 Å². The van der Waals surface area contributed by atoms with Gasteiger partial charge in [0.05, 0.1) is 5.69 Å². The predicted octanol–water partition coefficient (Wildman–Crippen LogP) is 6.82. The molecule has 0 spiro atoms. The summed E-state index contributed by atoms with van der Waals surface area (Å²) < 4.78 is 0. The molecule has 2 aromatic heterocycles. The number of benzene rings is 2. The third kappa shape index (κ3) is 6.49. The summed E-state index contributed by atoms with van der Waals surface area (Å²) in [5.41, 5.74) is 6.43. The standard InChI is InChI=1S/C32H36N6O/c1-22-7-12-27(20-29(22)37-31-34-17-13-28(36-31)26-6-5-16-33-21-26)35-30(39)25-10-8-23(9-11-25)24-14-18-38(19-15-24)32(2,3)4/h5-13,16-17,20-21,24H,14-15,18-19H2,1-4H3,(H,35,39)(H,34,36,37). The molecule has 0 bridgehead atoms. The number of amides is 1. The third-order valence-corrected chi connectivity index (χ3v) is 7.44. The lowest BCUT2D eigenvalue weighted by Gasteiger charge is -2.41. The average Bonchev–Trinajstić information content (AvgIpc) is 2.95. The van der Waals surface area contributed by atoms with Crippen molar-refractivity contribution < 1.29 is 4.79 Å². The first kappa shape index (κ1) is 26.5. The van der Waals surface area contributed by atoms with Crippen molar-refractivity contribution in [3.63, 3.8) is 0 Å². The van der Waals surface area contributed by atoms with Crippen LogP contribution in [0.5, 0.6) is 0 Å². The van der Waals surface area contributed by atoms with Gasteiger partial charge in [-0.1, -0.05) is 18.2 Å². The van der Waals surface area contributed by atoms with E-state index in [9.17, 15) is 4.79 Å². The van der Waals surface area contributed by atoms with Gasteiger partial charge in [-0.2, -0.15) is 0 Å². The number of anilines is 3. The Morgan fingerprint density at radius 3 is 2.44 bits per heavy atom. The van der Waals surface area contributed by atoms with Crippen LogP contribution in [-0.4, -0.2) is 44.4 Å². The van der Waals surface area contributed by atoms with Crippen LogP contribution in [0.25, 0.3) is 11.3 Å². The Hall–Kier alpha value is -4.10. The van der Waals surface area contributed by atoms with Gasteiger partial charge in [0, 0.05) is 46.6 Å². The zero-order valence-corrected chi connectivity index (χ0v) is 23.1. The Kier molecular flexibility index (Phi) is 7.70. The topological polar surface area (TPSA) is 83.0 Å². The van der Waals surface area contributed by atoms with Crippen LogP contribution in [0.15, 0.2) is 79.3 Å². The summed E-state index contributed by atoms with van der Waals surface area (Å²) in [4.78, 5) is 28.8. The van der Waals surface area contributed by atoms with Crippen molar-refractivity contribution in [3.05, 3.63) is 95.9 Å². The van der Waals surface area contributed by atoms with Crippen LogP contribution in [0.2, 0.25) is 0 Å². The van der Waals surface area contributed by atoms with Crippen molar-refractivity contribution in [2.45, 2.75) is 52.0 Å². The fraction of sp³-hybridized carbons (Fsp3) is 0.312. The van der Waals surface area contributed by atoms with Gasteiger partial charge in [0.15, 0.2) is 0 Å². The number of carbonyl (C=O) groups is 1. The summed E-state index contributed by atoms with van der Waals surface area (Å²) in [7, 11) is 0. The van der Waals surface area contributed by atoms with Crippen LogP contribution >= 0.6 is 0 Å². The number of carbonyl (C=O) groups excluding carboxylic acids is 1. The highest BCUT2D eigenvalue weighted by molar-refractivity contribution is 6.04. The number of likely N-dealkylation sites (tertiary alicyclic amines) is 1. The Bertz CT molecular complexity index is 1420. The molecular formula is C32H36N6O. The molecule has 0 aliphatic carbocycles. The number of nitrogens with one attached hydrogen (secondary N) is 2. The van der Waals surface area contributed by atoms with E-state index >= 15 is 0 Å². The Balaban J connectivity index is 1.23. The molecule has 1 aliphatic heterocycles. The van der Waals surface area contributed by atoms with E-state index in [0.717, 1.165) is 48.4 Å². The highest BCUT2D eigenvalue weighted by atomic mass is 16.1. The van der Waals surface area contributed by atoms with Crippen molar-refractivity contribution in [2.75, 3.05) is 23.7 Å². The van der Waals surface area contributed by atoms with Gasteiger partial charge < -0.3 is 10.6 Å². The minimum Gasteiger partial charge on any atom is -0.324 e. The molecule has 0 radical (unpaired) electrons. The maximum atomic E-state index is 13.0. The van der Waals surface area contributed by atoms with Crippen LogP contribution in [0.4, 0.5) is 17.3 Å². The monoisotopic (exact) mass is 520 g/mol. The Morgan fingerprint density at radius 2 is 1.74 bits per heavy atom. The summed E-state index contributed by atoms with van der Waals surface area (Å²) in [6.07, 6.45) is 7.53. The van der Waals surface area contributed by atoms with Crippen molar-refractivity contribution in [3.8, 4) is 11.3 Å². The van der Waals surface area contributed by atoms with Crippen LogP contribution in [-0.2, 0) is 0 Å². The second-order valence-electron chi connectivity index (χ2n) is 11.2. The van der Waals surface area contributed by atoms with Gasteiger partial charge in [0.25, 0.3) is 5.91 Å². The van der Waals surface area contributed by atoms with E-state index < -0.39 is 0 Å². The highest BCUT2D eigenvalue weighted by Crippen LogP contribution is 2.31. The minimum absolute atomic E-state index is 0.131. The number of pyridine rings is 1. The fourth-order valence-corrected chi connectivity index (χ4v) is 5.04. The largest absolute Gasteiger partial charge is 0.324 e. The van der Waals surface area contributed by atoms with E-state index in [0.29, 0.717) is 23.1 Å². The average molecular weight is 521 g/mol. The summed E-state index contributed by atoms with van der Waals surface area (Å²) >= 11 is 0. The summed E-state index contributed by atoms with van der Waals surface area (Å²) in [5, 5.41) is 6.33. The number of nitrogens with zero attached hydrogens (tertiary/aromatic N) is 4. The number of hydrogen-bond donors (Lipinski definition) is 2. The van der Waals surface area contributed by atoms with Crippen molar-refractivity contribution >= 4 is 23.2 Å². The zero-order chi connectivity index (χ0) is 27.4. The lowest BCUT2D eigenvalue weighted by atomic mass is 9.87. The molecule has 3 heterocycles.